The topological polar surface area (TPSA) is 86.0 Å². The van der Waals surface area contributed by atoms with Crippen molar-refractivity contribution in [2.24, 2.45) is 0 Å². The highest BCUT2D eigenvalue weighted by atomic mass is 16.5. The highest BCUT2D eigenvalue weighted by Crippen LogP contribution is 2.24. The minimum absolute atomic E-state index is 0.257. The molecule has 0 aliphatic heterocycles. The minimum Gasteiger partial charge on any atom is -0.484 e. The number of likely N-dealkylation sites (N-methyl/N-ethyl adjacent to an activating group) is 1. The lowest BCUT2D eigenvalue weighted by atomic mass is 10.1. The Bertz CT molecular complexity index is 1150. The molecule has 7 heteroatoms. The van der Waals surface area contributed by atoms with Gasteiger partial charge in [0.1, 0.15) is 11.3 Å². The molecular formula is C22H21NO6. The molecule has 1 heterocycles. The molecule has 0 aliphatic rings. The van der Waals surface area contributed by atoms with Crippen LogP contribution in [0.5, 0.6) is 5.75 Å². The van der Waals surface area contributed by atoms with E-state index in [0.29, 0.717) is 22.6 Å². The van der Waals surface area contributed by atoms with Crippen molar-refractivity contribution >= 4 is 28.5 Å². The van der Waals surface area contributed by atoms with Gasteiger partial charge in [-0.15, -0.1) is 0 Å². The third-order valence-electron chi connectivity index (χ3n) is 4.84. The monoisotopic (exact) mass is 395 g/mol. The molecule has 0 radical (unpaired) electrons. The Morgan fingerprint density at radius 1 is 1.07 bits per heavy atom. The van der Waals surface area contributed by atoms with E-state index in [1.807, 2.05) is 6.92 Å². The number of nitrogens with zero attached hydrogens (tertiary/aromatic N) is 1. The van der Waals surface area contributed by atoms with E-state index in [4.69, 9.17) is 13.9 Å². The first-order chi connectivity index (χ1) is 13.8. The van der Waals surface area contributed by atoms with E-state index in [-0.39, 0.29) is 18.1 Å². The fourth-order valence-corrected chi connectivity index (χ4v) is 2.94. The van der Waals surface area contributed by atoms with Crippen LogP contribution in [-0.2, 0) is 9.53 Å². The van der Waals surface area contributed by atoms with Gasteiger partial charge in [-0.25, -0.2) is 9.59 Å². The van der Waals surface area contributed by atoms with Gasteiger partial charge >= 0.3 is 11.6 Å². The summed E-state index contributed by atoms with van der Waals surface area (Å²) in [5, 5.41) is 0.810. The Labute approximate surface area is 167 Å². The SMILES string of the molecule is COC(=O)c1ccccc1N(C)C(=O)COc1ccc2c(C)c(C)c(=O)oc2c1. The van der Waals surface area contributed by atoms with E-state index in [2.05, 4.69) is 0 Å². The van der Waals surface area contributed by atoms with Crippen LogP contribution in [0.15, 0.2) is 51.7 Å². The highest BCUT2D eigenvalue weighted by molar-refractivity contribution is 6.02. The molecule has 0 unspecified atom stereocenters. The van der Waals surface area contributed by atoms with Gasteiger partial charge in [-0.2, -0.15) is 0 Å². The van der Waals surface area contributed by atoms with Gasteiger partial charge in [0, 0.05) is 24.1 Å². The van der Waals surface area contributed by atoms with Crippen LogP contribution in [0.3, 0.4) is 0 Å². The number of rotatable bonds is 5. The van der Waals surface area contributed by atoms with Crippen LogP contribution in [0.25, 0.3) is 11.0 Å². The van der Waals surface area contributed by atoms with Crippen molar-refractivity contribution in [3.63, 3.8) is 0 Å². The quantitative estimate of drug-likeness (QED) is 0.487. The number of methoxy groups -OCH3 is 1. The van der Waals surface area contributed by atoms with Gasteiger partial charge in [-0.1, -0.05) is 12.1 Å². The summed E-state index contributed by atoms with van der Waals surface area (Å²) in [4.78, 5) is 37.7. The molecule has 0 aliphatic carbocycles. The number of ether oxygens (including phenoxy) is 2. The molecule has 1 amide bonds. The first-order valence-corrected chi connectivity index (χ1v) is 8.94. The Kier molecular flexibility index (Phi) is 5.68. The van der Waals surface area contributed by atoms with Crippen molar-refractivity contribution < 1.29 is 23.5 Å². The minimum atomic E-state index is -0.531. The molecule has 0 bridgehead atoms. The largest absolute Gasteiger partial charge is 0.484 e. The molecule has 0 fully saturated rings. The van der Waals surface area contributed by atoms with Crippen LogP contribution in [0.4, 0.5) is 5.69 Å². The maximum absolute atomic E-state index is 12.6. The number of benzene rings is 2. The third-order valence-corrected chi connectivity index (χ3v) is 4.84. The number of amides is 1. The number of para-hydroxylation sites is 1. The molecule has 1 aromatic heterocycles. The van der Waals surface area contributed by atoms with Crippen molar-refractivity contribution in [2.45, 2.75) is 13.8 Å². The number of hydrogen-bond donors (Lipinski definition) is 0. The first kappa shape index (κ1) is 20.1. The lowest BCUT2D eigenvalue weighted by Gasteiger charge is -2.20. The third kappa shape index (κ3) is 3.99. The maximum Gasteiger partial charge on any atom is 0.339 e. The molecule has 29 heavy (non-hydrogen) atoms. The maximum atomic E-state index is 12.6. The van der Waals surface area contributed by atoms with Crippen molar-refractivity contribution in [1.82, 2.24) is 0 Å². The molecule has 0 N–H and O–H groups in total. The number of anilines is 1. The van der Waals surface area contributed by atoms with Gasteiger partial charge in [-0.3, -0.25) is 4.79 Å². The zero-order valence-electron chi connectivity index (χ0n) is 16.6. The van der Waals surface area contributed by atoms with Crippen LogP contribution >= 0.6 is 0 Å². The summed E-state index contributed by atoms with van der Waals surface area (Å²) in [6.45, 7) is 3.31. The summed E-state index contributed by atoms with van der Waals surface area (Å²) in [6.07, 6.45) is 0. The number of fused-ring (bicyclic) bond motifs is 1. The van der Waals surface area contributed by atoms with Crippen LogP contribution < -0.4 is 15.3 Å². The van der Waals surface area contributed by atoms with Gasteiger partial charge in [0.2, 0.25) is 0 Å². The fourth-order valence-electron chi connectivity index (χ4n) is 2.94. The summed E-state index contributed by atoms with van der Waals surface area (Å²) in [6, 6.07) is 11.7. The second-order valence-electron chi connectivity index (χ2n) is 6.55. The van der Waals surface area contributed by atoms with Crippen molar-refractivity contribution in [3.05, 3.63) is 69.6 Å². The molecule has 150 valence electrons. The number of aryl methyl sites for hydroxylation is 1. The van der Waals surface area contributed by atoms with Crippen LogP contribution in [0.1, 0.15) is 21.5 Å². The summed E-state index contributed by atoms with van der Waals surface area (Å²) in [5.41, 5.74) is 2.10. The van der Waals surface area contributed by atoms with Crippen LogP contribution in [-0.4, -0.2) is 32.6 Å². The van der Waals surface area contributed by atoms with E-state index in [1.165, 1.54) is 12.0 Å². The van der Waals surface area contributed by atoms with E-state index >= 15 is 0 Å². The van der Waals surface area contributed by atoms with Gasteiger partial charge in [0.15, 0.2) is 6.61 Å². The highest BCUT2D eigenvalue weighted by Gasteiger charge is 2.19. The Hall–Kier alpha value is -3.61. The molecule has 0 atom stereocenters. The first-order valence-electron chi connectivity index (χ1n) is 8.94. The predicted octanol–water partition coefficient (Wildman–Crippen LogP) is 3.24. The standard InChI is InChI=1S/C22H21NO6/c1-13-14(2)21(25)29-19-11-15(9-10-16(13)19)28-12-20(24)23(3)18-8-6-5-7-17(18)22(26)27-4/h5-11H,12H2,1-4H3. The van der Waals surface area contributed by atoms with E-state index in [0.717, 1.165) is 10.9 Å². The number of esters is 1. The summed E-state index contributed by atoms with van der Waals surface area (Å²) < 4.78 is 15.7. The van der Waals surface area contributed by atoms with Crippen molar-refractivity contribution in [1.29, 1.82) is 0 Å². The second kappa shape index (κ2) is 8.18. The summed E-state index contributed by atoms with van der Waals surface area (Å²) >= 11 is 0. The Morgan fingerprint density at radius 2 is 1.79 bits per heavy atom. The molecular weight excluding hydrogens is 374 g/mol. The molecule has 0 saturated carbocycles. The summed E-state index contributed by atoms with van der Waals surface area (Å²) in [5.74, 6) is -0.494. The predicted molar refractivity (Wildman–Crippen MR) is 109 cm³/mol. The average Bonchev–Trinajstić information content (AvgIpc) is 2.74. The van der Waals surface area contributed by atoms with Gasteiger partial charge in [0.05, 0.1) is 18.4 Å². The average molecular weight is 395 g/mol. The smallest absolute Gasteiger partial charge is 0.339 e. The second-order valence-corrected chi connectivity index (χ2v) is 6.55. The van der Waals surface area contributed by atoms with E-state index < -0.39 is 11.6 Å². The molecule has 2 aromatic carbocycles. The number of carbonyl (C=O) groups is 2. The number of hydrogen-bond acceptors (Lipinski definition) is 6. The van der Waals surface area contributed by atoms with Crippen LogP contribution in [0.2, 0.25) is 0 Å². The molecule has 0 spiro atoms. The zero-order chi connectivity index (χ0) is 21.1. The zero-order valence-corrected chi connectivity index (χ0v) is 16.6. The Balaban J connectivity index is 1.78. The van der Waals surface area contributed by atoms with Crippen molar-refractivity contribution in [2.75, 3.05) is 25.7 Å². The molecule has 3 rings (SSSR count). The van der Waals surface area contributed by atoms with Crippen molar-refractivity contribution in [3.8, 4) is 5.75 Å². The molecule has 0 saturated heterocycles. The Morgan fingerprint density at radius 3 is 2.52 bits per heavy atom. The van der Waals surface area contributed by atoms with Crippen LogP contribution in [0, 0.1) is 13.8 Å². The lowest BCUT2D eigenvalue weighted by Crippen LogP contribution is -2.32. The van der Waals surface area contributed by atoms with E-state index in [9.17, 15) is 14.4 Å². The fraction of sp³-hybridized carbons (Fsp3) is 0.227. The molecule has 7 nitrogen and oxygen atoms in total. The molecule has 3 aromatic rings. The lowest BCUT2D eigenvalue weighted by molar-refractivity contribution is -0.120. The van der Waals surface area contributed by atoms with Gasteiger partial charge in [0.25, 0.3) is 5.91 Å². The number of carbonyl (C=O) groups excluding carboxylic acids is 2. The van der Waals surface area contributed by atoms with Gasteiger partial charge < -0.3 is 18.8 Å². The van der Waals surface area contributed by atoms with Gasteiger partial charge in [-0.05, 0) is 43.7 Å². The van der Waals surface area contributed by atoms with E-state index in [1.54, 1.807) is 56.4 Å². The normalized spacial score (nSPS) is 10.6. The summed E-state index contributed by atoms with van der Waals surface area (Å²) in [7, 11) is 2.84.